The predicted molar refractivity (Wildman–Crippen MR) is 126 cm³/mol. The fourth-order valence-corrected chi connectivity index (χ4v) is 5.13. The van der Waals surface area contributed by atoms with Crippen LogP contribution in [0.2, 0.25) is 0 Å². The van der Waals surface area contributed by atoms with Gasteiger partial charge in [-0.15, -0.1) is 11.3 Å². The number of carbonyl (C=O) groups excluding carboxylic acids is 1. The molecule has 0 atom stereocenters. The van der Waals surface area contributed by atoms with Crippen LogP contribution in [0.15, 0.2) is 54.6 Å². The molecule has 1 amide bonds. The zero-order chi connectivity index (χ0) is 21.2. The Kier molecular flexibility index (Phi) is 5.57. The molecule has 158 valence electrons. The number of benzene rings is 2. The van der Waals surface area contributed by atoms with Crippen LogP contribution >= 0.6 is 11.3 Å². The van der Waals surface area contributed by atoms with Crippen LogP contribution in [0.5, 0.6) is 5.75 Å². The normalized spacial score (nSPS) is 14.0. The van der Waals surface area contributed by atoms with Gasteiger partial charge >= 0.3 is 0 Å². The summed E-state index contributed by atoms with van der Waals surface area (Å²) in [6.45, 7) is 3.77. The smallest absolute Gasteiger partial charge is 0.261 e. The zero-order valence-electron chi connectivity index (χ0n) is 17.6. The summed E-state index contributed by atoms with van der Waals surface area (Å²) in [5.41, 5.74) is 3.81. The third-order valence-electron chi connectivity index (χ3n) is 5.88. The van der Waals surface area contributed by atoms with Gasteiger partial charge in [-0.25, -0.2) is 4.98 Å². The van der Waals surface area contributed by atoms with Gasteiger partial charge in [-0.2, -0.15) is 0 Å². The van der Waals surface area contributed by atoms with Crippen molar-refractivity contribution in [2.24, 2.45) is 0 Å². The highest BCUT2D eigenvalue weighted by Gasteiger charge is 2.16. The van der Waals surface area contributed by atoms with Crippen molar-refractivity contribution in [2.75, 3.05) is 26.7 Å². The van der Waals surface area contributed by atoms with Crippen molar-refractivity contribution in [3.8, 4) is 5.75 Å². The zero-order valence-corrected chi connectivity index (χ0v) is 18.4. The maximum atomic E-state index is 12.7. The van der Waals surface area contributed by atoms with Gasteiger partial charge in [0.15, 0.2) is 0 Å². The molecule has 5 rings (SSSR count). The maximum absolute atomic E-state index is 12.7. The molecule has 6 heteroatoms. The van der Waals surface area contributed by atoms with E-state index in [1.807, 2.05) is 24.3 Å². The van der Waals surface area contributed by atoms with E-state index in [0.29, 0.717) is 11.4 Å². The summed E-state index contributed by atoms with van der Waals surface area (Å²) in [7, 11) is 1.66. The van der Waals surface area contributed by atoms with E-state index in [0.717, 1.165) is 59.3 Å². The van der Waals surface area contributed by atoms with Crippen molar-refractivity contribution in [1.82, 2.24) is 15.2 Å². The molecule has 1 aliphatic heterocycles. The Labute approximate surface area is 185 Å². The van der Waals surface area contributed by atoms with E-state index in [4.69, 9.17) is 9.72 Å². The minimum atomic E-state index is -0.0198. The highest BCUT2D eigenvalue weighted by molar-refractivity contribution is 7.20. The van der Waals surface area contributed by atoms with Gasteiger partial charge in [0.2, 0.25) is 0 Å². The summed E-state index contributed by atoms with van der Waals surface area (Å²) in [6.07, 6.45) is 2.05. The number of amides is 1. The van der Waals surface area contributed by atoms with E-state index in [1.54, 1.807) is 7.11 Å². The van der Waals surface area contributed by atoms with Crippen molar-refractivity contribution < 1.29 is 9.53 Å². The number of nitrogens with one attached hydrogen (secondary N) is 1. The first-order valence-electron chi connectivity index (χ1n) is 10.7. The van der Waals surface area contributed by atoms with Gasteiger partial charge < -0.3 is 10.1 Å². The van der Waals surface area contributed by atoms with Crippen molar-refractivity contribution in [3.05, 3.63) is 70.6 Å². The molecule has 4 aromatic rings. The van der Waals surface area contributed by atoms with Crippen LogP contribution in [-0.2, 0) is 13.0 Å². The minimum absolute atomic E-state index is 0.0198. The Hall–Kier alpha value is -2.96. The standard InChI is InChI=1S/C25H25N3O2S/c1-30-21-7-8-22-19(14-21)13-20-15-23(31-25(20)27-22)24(29)26-10-4-11-28-12-9-17-5-2-3-6-18(17)16-28/h2-3,5-8,13-15H,4,9-12,16H2,1H3,(H,26,29). The highest BCUT2D eigenvalue weighted by Crippen LogP contribution is 2.29. The van der Waals surface area contributed by atoms with Crippen LogP contribution in [0.25, 0.3) is 21.1 Å². The molecule has 0 fully saturated rings. The van der Waals surface area contributed by atoms with Gasteiger partial charge in [0.05, 0.1) is 17.5 Å². The average Bonchev–Trinajstić information content (AvgIpc) is 3.22. The van der Waals surface area contributed by atoms with Gasteiger partial charge in [-0.1, -0.05) is 24.3 Å². The number of thiophene rings is 1. The van der Waals surface area contributed by atoms with E-state index < -0.39 is 0 Å². The quantitative estimate of drug-likeness (QED) is 0.452. The third-order valence-corrected chi connectivity index (χ3v) is 6.92. The maximum Gasteiger partial charge on any atom is 0.261 e. The van der Waals surface area contributed by atoms with Crippen molar-refractivity contribution >= 4 is 38.4 Å². The lowest BCUT2D eigenvalue weighted by molar-refractivity contribution is 0.0955. The largest absolute Gasteiger partial charge is 0.497 e. The second-order valence-corrected chi connectivity index (χ2v) is 8.99. The van der Waals surface area contributed by atoms with Gasteiger partial charge in [-0.05, 0) is 54.3 Å². The highest BCUT2D eigenvalue weighted by atomic mass is 32.1. The molecular formula is C25H25N3O2S. The van der Waals surface area contributed by atoms with Gasteiger partial charge in [-0.3, -0.25) is 9.69 Å². The summed E-state index contributed by atoms with van der Waals surface area (Å²) in [6, 6.07) is 18.5. The molecule has 0 saturated heterocycles. The molecule has 0 aliphatic carbocycles. The lowest BCUT2D eigenvalue weighted by Gasteiger charge is -2.28. The number of pyridine rings is 1. The van der Waals surface area contributed by atoms with Crippen molar-refractivity contribution in [3.63, 3.8) is 0 Å². The van der Waals surface area contributed by atoms with Gasteiger partial charge in [0.25, 0.3) is 5.91 Å². The molecule has 1 N–H and O–H groups in total. The Balaban J connectivity index is 1.18. The van der Waals surface area contributed by atoms with Crippen LogP contribution in [0, 0.1) is 0 Å². The van der Waals surface area contributed by atoms with E-state index in [2.05, 4.69) is 40.5 Å². The first kappa shape index (κ1) is 20.0. The number of aromatic nitrogens is 1. The molecule has 2 aromatic heterocycles. The van der Waals surface area contributed by atoms with Crippen molar-refractivity contribution in [1.29, 1.82) is 0 Å². The molecular weight excluding hydrogens is 406 g/mol. The van der Waals surface area contributed by atoms with Crippen LogP contribution in [0.1, 0.15) is 27.2 Å². The number of nitrogens with zero attached hydrogens (tertiary/aromatic N) is 2. The number of methoxy groups -OCH3 is 1. The average molecular weight is 432 g/mol. The SMILES string of the molecule is COc1ccc2nc3sc(C(=O)NCCCN4CCc5ccccc5C4)cc3cc2c1. The Morgan fingerprint density at radius 3 is 2.87 bits per heavy atom. The van der Waals surface area contributed by atoms with E-state index in [9.17, 15) is 4.79 Å². The third kappa shape index (κ3) is 4.27. The minimum Gasteiger partial charge on any atom is -0.497 e. The van der Waals surface area contributed by atoms with E-state index in [1.165, 1.54) is 22.5 Å². The predicted octanol–water partition coefficient (Wildman–Crippen LogP) is 4.64. The lowest BCUT2D eigenvalue weighted by atomic mass is 10.00. The number of fused-ring (bicyclic) bond motifs is 3. The molecule has 1 aliphatic rings. The molecule has 0 bridgehead atoms. The molecule has 31 heavy (non-hydrogen) atoms. The number of rotatable bonds is 6. The molecule has 0 spiro atoms. The monoisotopic (exact) mass is 431 g/mol. The summed E-state index contributed by atoms with van der Waals surface area (Å²) >= 11 is 1.44. The number of hydrogen-bond acceptors (Lipinski definition) is 5. The second kappa shape index (κ2) is 8.65. The summed E-state index contributed by atoms with van der Waals surface area (Å²) in [4.78, 5) is 21.4. The number of ether oxygens (including phenoxy) is 1. The summed E-state index contributed by atoms with van der Waals surface area (Å²) < 4.78 is 5.30. The molecule has 2 aromatic carbocycles. The molecule has 0 saturated carbocycles. The molecule has 0 radical (unpaired) electrons. The lowest BCUT2D eigenvalue weighted by Crippen LogP contribution is -2.33. The fraction of sp³-hybridized carbons (Fsp3) is 0.280. The van der Waals surface area contributed by atoms with E-state index >= 15 is 0 Å². The topological polar surface area (TPSA) is 54.5 Å². The Morgan fingerprint density at radius 2 is 2.00 bits per heavy atom. The van der Waals surface area contributed by atoms with E-state index in [-0.39, 0.29) is 5.91 Å². The molecule has 0 unspecified atom stereocenters. The van der Waals surface area contributed by atoms with Crippen molar-refractivity contribution in [2.45, 2.75) is 19.4 Å². The Morgan fingerprint density at radius 1 is 1.13 bits per heavy atom. The second-order valence-electron chi connectivity index (χ2n) is 7.96. The first-order valence-corrected chi connectivity index (χ1v) is 11.5. The first-order chi connectivity index (χ1) is 15.2. The van der Waals surface area contributed by atoms with Crippen LogP contribution in [0.3, 0.4) is 0 Å². The summed E-state index contributed by atoms with van der Waals surface area (Å²) in [5.74, 6) is 0.785. The van der Waals surface area contributed by atoms with Gasteiger partial charge in [0, 0.05) is 37.0 Å². The number of hydrogen-bond donors (Lipinski definition) is 1. The molecule has 3 heterocycles. The van der Waals surface area contributed by atoms with Gasteiger partial charge in [0.1, 0.15) is 10.6 Å². The number of carbonyl (C=O) groups is 1. The Bertz CT molecular complexity index is 1250. The molecule has 5 nitrogen and oxygen atoms in total. The van der Waals surface area contributed by atoms with Crippen LogP contribution in [-0.4, -0.2) is 42.5 Å². The van der Waals surface area contributed by atoms with Crippen LogP contribution < -0.4 is 10.1 Å². The van der Waals surface area contributed by atoms with Crippen LogP contribution in [0.4, 0.5) is 0 Å². The summed E-state index contributed by atoms with van der Waals surface area (Å²) in [5, 5.41) is 5.08. The fourth-order valence-electron chi connectivity index (χ4n) is 4.19.